The second-order valence-corrected chi connectivity index (χ2v) is 9.79. The van der Waals surface area contributed by atoms with Gasteiger partial charge < -0.3 is 4.74 Å². The van der Waals surface area contributed by atoms with Crippen molar-refractivity contribution in [3.05, 3.63) is 89.7 Å². The number of carbonyl (C=O) groups is 2. The Morgan fingerprint density at radius 2 is 1.72 bits per heavy atom. The number of hydrogen-bond acceptors (Lipinski definition) is 5. The fourth-order valence-electron chi connectivity index (χ4n) is 3.93. The summed E-state index contributed by atoms with van der Waals surface area (Å²) in [5.74, 6) is -1.74. The zero-order valence-electron chi connectivity index (χ0n) is 19.0. The topological polar surface area (TPSA) is 92.8 Å². The van der Waals surface area contributed by atoms with Gasteiger partial charge in [-0.05, 0) is 67.7 Å². The molecule has 0 spiro atoms. The van der Waals surface area contributed by atoms with Gasteiger partial charge in [0.05, 0.1) is 21.7 Å². The molecule has 1 saturated carbocycles. The summed E-state index contributed by atoms with van der Waals surface area (Å²) in [5, 5.41) is 0. The molecule has 2 amide bonds. The smallest absolute Gasteiger partial charge is 0.406 e. The second kappa shape index (κ2) is 9.30. The van der Waals surface area contributed by atoms with E-state index in [1.165, 1.54) is 12.1 Å². The van der Waals surface area contributed by atoms with Gasteiger partial charge in [-0.3, -0.25) is 14.3 Å². The Balaban J connectivity index is 1.72. The highest BCUT2D eigenvalue weighted by molar-refractivity contribution is 7.92. The number of hydrogen-bond donors (Lipinski definition) is 1. The average molecular weight is 519 g/mol. The van der Waals surface area contributed by atoms with Crippen LogP contribution >= 0.6 is 0 Å². The number of rotatable bonds is 8. The van der Waals surface area contributed by atoms with Crippen LogP contribution in [0.5, 0.6) is 5.75 Å². The Morgan fingerprint density at radius 1 is 1.08 bits per heavy atom. The quantitative estimate of drug-likeness (QED) is 0.368. The number of benzene rings is 2. The molecule has 2 aliphatic rings. The first-order valence-corrected chi connectivity index (χ1v) is 12.3. The van der Waals surface area contributed by atoms with Crippen LogP contribution in [0.2, 0.25) is 0 Å². The Hall–Kier alpha value is -3.86. The number of carbonyl (C=O) groups excluding carboxylic acids is 2. The molecule has 11 heteroatoms. The average Bonchev–Trinajstić information content (AvgIpc) is 3.61. The van der Waals surface area contributed by atoms with E-state index in [0.29, 0.717) is 11.3 Å². The molecule has 1 fully saturated rings. The minimum atomic E-state index is -4.92. The maximum Gasteiger partial charge on any atom is 0.573 e. The highest BCUT2D eigenvalue weighted by Crippen LogP contribution is 2.46. The first-order chi connectivity index (χ1) is 17.0. The highest BCUT2D eigenvalue weighted by atomic mass is 32.2. The Kier molecular flexibility index (Phi) is 6.52. The molecule has 0 saturated heterocycles. The number of anilines is 1. The Bertz CT molecular complexity index is 1410. The SMILES string of the molecule is C=C/C=C\C(=C/C)N1C(=O)c2c(NS(=O)(=O)c3ccc(OC(F)(F)F)cc3)ccc(C3CC3)c2C1=O. The normalized spacial score (nSPS) is 16.4. The van der Waals surface area contributed by atoms with Gasteiger partial charge in [-0.25, -0.2) is 13.3 Å². The van der Waals surface area contributed by atoms with Gasteiger partial charge in [-0.2, -0.15) is 0 Å². The predicted octanol–water partition coefficient (Wildman–Crippen LogP) is 5.51. The van der Waals surface area contributed by atoms with E-state index < -0.39 is 33.9 Å². The van der Waals surface area contributed by atoms with Crippen molar-refractivity contribution in [2.45, 2.75) is 36.9 Å². The lowest BCUT2D eigenvalue weighted by Gasteiger charge is -2.15. The van der Waals surface area contributed by atoms with Gasteiger partial charge >= 0.3 is 6.36 Å². The summed E-state index contributed by atoms with van der Waals surface area (Å²) in [5.41, 5.74) is 0.941. The minimum Gasteiger partial charge on any atom is -0.406 e. The maximum absolute atomic E-state index is 13.4. The molecule has 1 heterocycles. The third kappa shape index (κ3) is 4.92. The van der Waals surface area contributed by atoms with Crippen molar-refractivity contribution in [2.24, 2.45) is 0 Å². The van der Waals surface area contributed by atoms with Crippen molar-refractivity contribution < 1.29 is 35.9 Å². The lowest BCUT2D eigenvalue weighted by molar-refractivity contribution is -0.274. The lowest BCUT2D eigenvalue weighted by atomic mass is 9.98. The first-order valence-electron chi connectivity index (χ1n) is 10.9. The van der Waals surface area contributed by atoms with Gasteiger partial charge in [-0.1, -0.05) is 30.9 Å². The van der Waals surface area contributed by atoms with Gasteiger partial charge in [0, 0.05) is 5.70 Å². The molecule has 2 aromatic carbocycles. The molecule has 2 aromatic rings. The van der Waals surface area contributed by atoms with Crippen LogP contribution < -0.4 is 9.46 Å². The number of nitrogens with zero attached hydrogens (tertiary/aromatic N) is 1. The van der Waals surface area contributed by atoms with E-state index in [1.54, 1.807) is 31.2 Å². The fourth-order valence-corrected chi connectivity index (χ4v) is 5.00. The summed E-state index contributed by atoms with van der Waals surface area (Å²) in [4.78, 5) is 27.4. The van der Waals surface area contributed by atoms with Gasteiger partial charge in [0.25, 0.3) is 21.8 Å². The number of alkyl halides is 3. The van der Waals surface area contributed by atoms with Crippen LogP contribution in [0.3, 0.4) is 0 Å². The van der Waals surface area contributed by atoms with E-state index in [-0.39, 0.29) is 27.6 Å². The van der Waals surface area contributed by atoms with Crippen LogP contribution in [-0.4, -0.2) is 31.5 Å². The number of halogens is 3. The van der Waals surface area contributed by atoms with Crippen molar-refractivity contribution in [1.29, 1.82) is 0 Å². The summed E-state index contributed by atoms with van der Waals surface area (Å²) < 4.78 is 69.3. The monoisotopic (exact) mass is 518 g/mol. The standard InChI is InChI=1S/C25H21F3N2O5S/c1-3-5-6-16(4-2)30-23(31)21-19(15-7-8-15)13-14-20(22(21)24(30)32)29-36(33,34)18-11-9-17(10-12-18)35-25(26,27)28/h3-6,9-15,29H,1,7-8H2,2H3/b6-5-,16-4+. The van der Waals surface area contributed by atoms with Gasteiger partial charge in [0.15, 0.2) is 0 Å². The number of fused-ring (bicyclic) bond motifs is 1. The molecule has 1 aliphatic carbocycles. The Labute approximate surface area is 205 Å². The van der Waals surface area contributed by atoms with Crippen molar-refractivity contribution in [3.8, 4) is 5.75 Å². The molecule has 0 aromatic heterocycles. The number of sulfonamides is 1. The molecule has 7 nitrogen and oxygen atoms in total. The van der Waals surface area contributed by atoms with Crippen LogP contribution in [-0.2, 0) is 10.0 Å². The van der Waals surface area contributed by atoms with E-state index in [9.17, 15) is 31.2 Å². The molecule has 1 N–H and O–H groups in total. The Morgan fingerprint density at radius 3 is 2.28 bits per heavy atom. The molecular formula is C25H21F3N2O5S. The van der Waals surface area contributed by atoms with E-state index in [2.05, 4.69) is 16.0 Å². The fraction of sp³-hybridized carbons (Fsp3) is 0.200. The third-order valence-corrected chi connectivity index (χ3v) is 7.04. The maximum atomic E-state index is 13.4. The van der Waals surface area contributed by atoms with Crippen molar-refractivity contribution in [1.82, 2.24) is 4.90 Å². The molecule has 0 radical (unpaired) electrons. The third-order valence-electron chi connectivity index (χ3n) is 5.66. The summed E-state index contributed by atoms with van der Waals surface area (Å²) in [6, 6.07) is 6.67. The zero-order valence-corrected chi connectivity index (χ0v) is 19.8. The van der Waals surface area contributed by atoms with Crippen molar-refractivity contribution >= 4 is 27.5 Å². The van der Waals surface area contributed by atoms with Crippen LogP contribution in [0, 0.1) is 0 Å². The van der Waals surface area contributed by atoms with Crippen LogP contribution in [0.25, 0.3) is 0 Å². The van der Waals surface area contributed by atoms with Crippen molar-refractivity contribution in [2.75, 3.05) is 4.72 Å². The molecular weight excluding hydrogens is 497 g/mol. The number of allylic oxidation sites excluding steroid dienone is 4. The summed E-state index contributed by atoms with van der Waals surface area (Å²) in [6.07, 6.45) is 2.94. The summed E-state index contributed by atoms with van der Waals surface area (Å²) in [6.45, 7) is 5.24. The highest BCUT2D eigenvalue weighted by Gasteiger charge is 2.43. The molecule has 4 rings (SSSR count). The largest absolute Gasteiger partial charge is 0.573 e. The van der Waals surface area contributed by atoms with Crippen LogP contribution in [0.15, 0.2) is 77.9 Å². The van der Waals surface area contributed by atoms with Gasteiger partial charge in [0.1, 0.15) is 5.75 Å². The number of ether oxygens (including phenoxy) is 1. The van der Waals surface area contributed by atoms with E-state index in [4.69, 9.17) is 0 Å². The predicted molar refractivity (Wildman–Crippen MR) is 126 cm³/mol. The summed E-state index contributed by atoms with van der Waals surface area (Å²) in [7, 11) is -4.32. The molecule has 0 atom stereocenters. The number of amides is 2. The number of imide groups is 1. The molecule has 1 aliphatic heterocycles. The van der Waals surface area contributed by atoms with Crippen molar-refractivity contribution in [3.63, 3.8) is 0 Å². The minimum absolute atomic E-state index is 0.0728. The zero-order chi connectivity index (χ0) is 26.3. The molecule has 188 valence electrons. The van der Waals surface area contributed by atoms with E-state index in [0.717, 1.165) is 42.0 Å². The summed E-state index contributed by atoms with van der Waals surface area (Å²) >= 11 is 0. The number of nitrogens with one attached hydrogen (secondary N) is 1. The molecule has 0 bridgehead atoms. The molecule has 0 unspecified atom stereocenters. The van der Waals surface area contributed by atoms with Crippen LogP contribution in [0.4, 0.5) is 18.9 Å². The second-order valence-electron chi connectivity index (χ2n) is 8.11. The van der Waals surface area contributed by atoms with Gasteiger partial charge in [-0.15, -0.1) is 13.2 Å². The molecule has 36 heavy (non-hydrogen) atoms. The van der Waals surface area contributed by atoms with Gasteiger partial charge in [0.2, 0.25) is 0 Å². The van der Waals surface area contributed by atoms with E-state index >= 15 is 0 Å². The first kappa shape index (κ1) is 25.2. The van der Waals surface area contributed by atoms with E-state index in [1.807, 2.05) is 0 Å². The van der Waals surface area contributed by atoms with Crippen LogP contribution in [0.1, 0.15) is 52.0 Å². The lowest BCUT2D eigenvalue weighted by Crippen LogP contribution is -2.28.